The zero-order valence-electron chi connectivity index (χ0n) is 11.2. The lowest BCUT2D eigenvalue weighted by atomic mass is 10.2. The lowest BCUT2D eigenvalue weighted by Crippen LogP contribution is -2.45. The molecule has 2 rings (SSSR count). The van der Waals surface area contributed by atoms with Crippen molar-refractivity contribution in [3.8, 4) is 0 Å². The smallest absolute Gasteiger partial charge is 0.335 e. The highest BCUT2D eigenvalue weighted by Gasteiger charge is 2.30. The first kappa shape index (κ1) is 15.0. The standard InChI is InChI=1S/C13H17NO5S/c1-2-11-9-14(6-7-19-11)20(17,18)12-5-3-4-10(8-12)13(15)16/h3-5,8,11H,2,6-7,9H2,1H3,(H,15,16)/t11-/m1/s1. The van der Waals surface area contributed by atoms with E-state index in [0.29, 0.717) is 13.2 Å². The Hall–Kier alpha value is -1.44. The molecule has 6 nitrogen and oxygen atoms in total. The van der Waals surface area contributed by atoms with Crippen LogP contribution in [0.25, 0.3) is 0 Å². The Morgan fingerprint density at radius 1 is 1.50 bits per heavy atom. The van der Waals surface area contributed by atoms with Gasteiger partial charge in [-0.3, -0.25) is 0 Å². The molecule has 110 valence electrons. The van der Waals surface area contributed by atoms with Crippen LogP contribution in [0.4, 0.5) is 0 Å². The van der Waals surface area contributed by atoms with Gasteiger partial charge in [-0.15, -0.1) is 0 Å². The molecule has 1 aromatic carbocycles. The number of carboxylic acid groups (broad SMARTS) is 1. The molecule has 7 heteroatoms. The first-order valence-electron chi connectivity index (χ1n) is 6.40. The van der Waals surface area contributed by atoms with Gasteiger partial charge in [-0.2, -0.15) is 4.31 Å². The minimum atomic E-state index is -3.67. The van der Waals surface area contributed by atoms with E-state index in [0.717, 1.165) is 6.42 Å². The number of carbonyl (C=O) groups is 1. The van der Waals surface area contributed by atoms with Gasteiger partial charge < -0.3 is 9.84 Å². The van der Waals surface area contributed by atoms with Crippen LogP contribution in [0.15, 0.2) is 29.2 Å². The monoisotopic (exact) mass is 299 g/mol. The van der Waals surface area contributed by atoms with Gasteiger partial charge in [0, 0.05) is 13.1 Å². The van der Waals surface area contributed by atoms with Crippen molar-refractivity contribution in [2.45, 2.75) is 24.3 Å². The van der Waals surface area contributed by atoms with Crippen molar-refractivity contribution in [2.75, 3.05) is 19.7 Å². The molecule has 0 unspecified atom stereocenters. The average molecular weight is 299 g/mol. The van der Waals surface area contributed by atoms with Gasteiger partial charge in [-0.05, 0) is 24.6 Å². The van der Waals surface area contributed by atoms with Crippen molar-refractivity contribution in [3.05, 3.63) is 29.8 Å². The van der Waals surface area contributed by atoms with E-state index in [9.17, 15) is 13.2 Å². The molecule has 20 heavy (non-hydrogen) atoms. The first-order chi connectivity index (χ1) is 9.45. The van der Waals surface area contributed by atoms with Gasteiger partial charge in [0.15, 0.2) is 0 Å². The molecule has 1 aliphatic heterocycles. The number of morpholine rings is 1. The molecule has 1 atom stereocenters. The molecule has 1 N–H and O–H groups in total. The van der Waals surface area contributed by atoms with Crippen LogP contribution in [0.1, 0.15) is 23.7 Å². The second-order valence-electron chi connectivity index (χ2n) is 4.60. The van der Waals surface area contributed by atoms with Gasteiger partial charge in [0.2, 0.25) is 10.0 Å². The van der Waals surface area contributed by atoms with Crippen molar-refractivity contribution < 1.29 is 23.1 Å². The lowest BCUT2D eigenvalue weighted by molar-refractivity contribution is -0.00278. The Labute approximate surface area is 118 Å². The Bertz CT molecular complexity index is 599. The number of benzene rings is 1. The number of ether oxygens (including phenoxy) is 1. The maximum Gasteiger partial charge on any atom is 0.335 e. The lowest BCUT2D eigenvalue weighted by Gasteiger charge is -2.31. The molecule has 1 heterocycles. The minimum absolute atomic E-state index is 0.00848. The van der Waals surface area contributed by atoms with Crippen LogP contribution in [0.3, 0.4) is 0 Å². The molecule has 0 spiro atoms. The summed E-state index contributed by atoms with van der Waals surface area (Å²) in [5, 5.41) is 8.94. The third-order valence-electron chi connectivity index (χ3n) is 3.28. The van der Waals surface area contributed by atoms with Crippen LogP contribution in [-0.2, 0) is 14.8 Å². The summed E-state index contributed by atoms with van der Waals surface area (Å²) < 4.78 is 31.8. The molecule has 1 aromatic rings. The van der Waals surface area contributed by atoms with Crippen molar-refractivity contribution in [1.29, 1.82) is 0 Å². The Kier molecular flexibility index (Phi) is 4.42. The number of nitrogens with zero attached hydrogens (tertiary/aromatic N) is 1. The number of sulfonamides is 1. The summed E-state index contributed by atoms with van der Waals surface area (Å²) in [5.41, 5.74) is -0.0358. The van der Waals surface area contributed by atoms with Crippen LogP contribution < -0.4 is 0 Å². The van der Waals surface area contributed by atoms with E-state index in [1.165, 1.54) is 28.6 Å². The van der Waals surface area contributed by atoms with E-state index in [2.05, 4.69) is 0 Å². The second-order valence-corrected chi connectivity index (χ2v) is 6.54. The highest BCUT2D eigenvalue weighted by molar-refractivity contribution is 7.89. The first-order valence-corrected chi connectivity index (χ1v) is 7.84. The summed E-state index contributed by atoms with van der Waals surface area (Å²) in [4.78, 5) is 10.9. The zero-order chi connectivity index (χ0) is 14.8. The number of rotatable bonds is 4. The molecule has 1 aliphatic rings. The summed E-state index contributed by atoms with van der Waals surface area (Å²) in [7, 11) is -3.67. The van der Waals surface area contributed by atoms with E-state index in [4.69, 9.17) is 9.84 Å². The largest absolute Gasteiger partial charge is 0.478 e. The van der Waals surface area contributed by atoms with E-state index < -0.39 is 16.0 Å². The fourth-order valence-corrected chi connectivity index (χ4v) is 3.60. The molecule has 1 saturated heterocycles. The van der Waals surface area contributed by atoms with Crippen LogP contribution in [0.5, 0.6) is 0 Å². The highest BCUT2D eigenvalue weighted by Crippen LogP contribution is 2.20. The molecule has 0 radical (unpaired) electrons. The van der Waals surface area contributed by atoms with Crippen molar-refractivity contribution >= 4 is 16.0 Å². The Morgan fingerprint density at radius 3 is 2.90 bits per heavy atom. The fraction of sp³-hybridized carbons (Fsp3) is 0.462. The average Bonchev–Trinajstić information content (AvgIpc) is 2.47. The van der Waals surface area contributed by atoms with E-state index >= 15 is 0 Å². The summed E-state index contributed by atoms with van der Waals surface area (Å²) in [5.74, 6) is -1.14. The van der Waals surface area contributed by atoms with Crippen LogP contribution in [0.2, 0.25) is 0 Å². The van der Waals surface area contributed by atoms with Gasteiger partial charge in [0.05, 0.1) is 23.2 Å². The highest BCUT2D eigenvalue weighted by atomic mass is 32.2. The fourth-order valence-electron chi connectivity index (χ4n) is 2.10. The molecule has 0 amide bonds. The van der Waals surface area contributed by atoms with Crippen LogP contribution in [0, 0.1) is 0 Å². The van der Waals surface area contributed by atoms with Gasteiger partial charge in [0.1, 0.15) is 0 Å². The van der Waals surface area contributed by atoms with Crippen molar-refractivity contribution in [1.82, 2.24) is 4.31 Å². The van der Waals surface area contributed by atoms with E-state index in [1.54, 1.807) is 0 Å². The third-order valence-corrected chi connectivity index (χ3v) is 5.14. The van der Waals surface area contributed by atoms with Crippen LogP contribution >= 0.6 is 0 Å². The predicted octanol–water partition coefficient (Wildman–Crippen LogP) is 1.18. The Balaban J connectivity index is 2.30. The molecular formula is C13H17NO5S. The summed E-state index contributed by atoms with van der Waals surface area (Å²) in [6, 6.07) is 5.41. The quantitative estimate of drug-likeness (QED) is 0.902. The number of hydrogen-bond acceptors (Lipinski definition) is 4. The maximum atomic E-state index is 12.5. The Morgan fingerprint density at radius 2 is 2.25 bits per heavy atom. The van der Waals surface area contributed by atoms with Gasteiger partial charge in [-0.25, -0.2) is 13.2 Å². The van der Waals surface area contributed by atoms with Gasteiger partial charge in [-0.1, -0.05) is 13.0 Å². The zero-order valence-corrected chi connectivity index (χ0v) is 12.0. The molecule has 0 aromatic heterocycles. The van der Waals surface area contributed by atoms with E-state index in [1.807, 2.05) is 6.92 Å². The van der Waals surface area contributed by atoms with Crippen molar-refractivity contribution in [3.63, 3.8) is 0 Å². The molecular weight excluding hydrogens is 282 g/mol. The predicted molar refractivity (Wildman–Crippen MR) is 72.2 cm³/mol. The minimum Gasteiger partial charge on any atom is -0.478 e. The topological polar surface area (TPSA) is 83.9 Å². The number of hydrogen-bond donors (Lipinski definition) is 1. The SMILES string of the molecule is CC[C@@H]1CN(S(=O)(=O)c2cccc(C(=O)O)c2)CCO1. The summed E-state index contributed by atoms with van der Waals surface area (Å²) in [6.45, 7) is 2.88. The molecule has 0 saturated carbocycles. The third kappa shape index (κ3) is 3.00. The number of carboxylic acids is 1. The second kappa shape index (κ2) is 5.90. The van der Waals surface area contributed by atoms with Gasteiger partial charge >= 0.3 is 5.97 Å². The summed E-state index contributed by atoms with van der Waals surface area (Å²) in [6.07, 6.45) is 0.627. The van der Waals surface area contributed by atoms with E-state index in [-0.39, 0.29) is 23.1 Å². The van der Waals surface area contributed by atoms with Crippen molar-refractivity contribution in [2.24, 2.45) is 0 Å². The molecule has 1 fully saturated rings. The number of aromatic carboxylic acids is 1. The van der Waals surface area contributed by atoms with Crippen LogP contribution in [-0.4, -0.2) is 49.6 Å². The molecule has 0 aliphatic carbocycles. The molecule has 0 bridgehead atoms. The normalized spacial score (nSPS) is 20.8. The van der Waals surface area contributed by atoms with Gasteiger partial charge in [0.25, 0.3) is 0 Å². The maximum absolute atomic E-state index is 12.5. The summed E-state index contributed by atoms with van der Waals surface area (Å²) >= 11 is 0.